The highest BCUT2D eigenvalue weighted by Crippen LogP contribution is 2.37. The number of halogens is 3. The van der Waals surface area contributed by atoms with Gasteiger partial charge in [-0.25, -0.2) is 8.78 Å². The largest absolute Gasteiger partial charge is 0.346 e. The first-order valence-electron chi connectivity index (χ1n) is 6.65. The monoisotopic (exact) mass is 281 g/mol. The van der Waals surface area contributed by atoms with Crippen molar-refractivity contribution in [1.29, 1.82) is 0 Å². The minimum atomic E-state index is -2.65. The van der Waals surface area contributed by atoms with Crippen molar-refractivity contribution >= 4 is 17.5 Å². The molecule has 0 saturated heterocycles. The predicted molar refractivity (Wildman–Crippen MR) is 69.1 cm³/mol. The van der Waals surface area contributed by atoms with E-state index in [0.29, 0.717) is 25.3 Å². The average molecular weight is 282 g/mol. The molecule has 1 rings (SSSR count). The Morgan fingerprint density at radius 2 is 2.11 bits per heavy atom. The van der Waals surface area contributed by atoms with Gasteiger partial charge in [-0.2, -0.15) is 0 Å². The fraction of sp³-hybridized carbons (Fsp3) is 0.923. The van der Waals surface area contributed by atoms with Crippen LogP contribution in [-0.2, 0) is 4.79 Å². The number of hydrogen-bond donors (Lipinski definition) is 0. The Hall–Kier alpha value is -0.380. The zero-order valence-electron chi connectivity index (χ0n) is 10.9. The number of carbonyl (C=O) groups excluding carboxylic acids is 1. The molecule has 1 fully saturated rings. The summed E-state index contributed by atoms with van der Waals surface area (Å²) in [5.74, 6) is -2.64. The molecule has 0 radical (unpaired) electrons. The van der Waals surface area contributed by atoms with Crippen molar-refractivity contribution < 1.29 is 13.6 Å². The van der Waals surface area contributed by atoms with E-state index in [1.165, 1.54) is 0 Å². The molecule has 0 heterocycles. The number of alkyl halides is 3. The SMILES string of the molecule is CN(CCCCCCl)C(=O)C1CCCC(F)(F)C1. The Morgan fingerprint density at radius 1 is 1.39 bits per heavy atom. The van der Waals surface area contributed by atoms with E-state index in [9.17, 15) is 13.6 Å². The zero-order valence-corrected chi connectivity index (χ0v) is 11.7. The minimum Gasteiger partial charge on any atom is -0.346 e. The molecule has 0 aromatic rings. The van der Waals surface area contributed by atoms with E-state index in [4.69, 9.17) is 11.6 Å². The maximum atomic E-state index is 13.2. The molecule has 0 spiro atoms. The first-order valence-corrected chi connectivity index (χ1v) is 7.18. The van der Waals surface area contributed by atoms with Gasteiger partial charge in [0.1, 0.15) is 0 Å². The number of nitrogens with zero attached hydrogens (tertiary/aromatic N) is 1. The van der Waals surface area contributed by atoms with Gasteiger partial charge in [-0.15, -0.1) is 11.6 Å². The van der Waals surface area contributed by atoms with Crippen LogP contribution in [0.5, 0.6) is 0 Å². The van der Waals surface area contributed by atoms with Gasteiger partial charge in [-0.1, -0.05) is 6.42 Å². The molecule has 2 nitrogen and oxygen atoms in total. The second kappa shape index (κ2) is 7.27. The van der Waals surface area contributed by atoms with Gasteiger partial charge in [-0.3, -0.25) is 4.79 Å². The smallest absolute Gasteiger partial charge is 0.248 e. The van der Waals surface area contributed by atoms with Crippen LogP contribution < -0.4 is 0 Å². The van der Waals surface area contributed by atoms with E-state index in [-0.39, 0.29) is 18.7 Å². The number of unbranched alkanes of at least 4 members (excludes halogenated alkanes) is 2. The molecule has 1 amide bonds. The molecule has 1 saturated carbocycles. The molecule has 18 heavy (non-hydrogen) atoms. The molecule has 5 heteroatoms. The topological polar surface area (TPSA) is 20.3 Å². The molecule has 106 valence electrons. The van der Waals surface area contributed by atoms with Crippen molar-refractivity contribution in [3.05, 3.63) is 0 Å². The van der Waals surface area contributed by atoms with E-state index in [1.807, 2.05) is 0 Å². The summed E-state index contributed by atoms with van der Waals surface area (Å²) in [5, 5.41) is 0. The van der Waals surface area contributed by atoms with Gasteiger partial charge in [0, 0.05) is 38.2 Å². The van der Waals surface area contributed by atoms with Crippen LogP contribution in [0.3, 0.4) is 0 Å². The number of amides is 1. The molecule has 1 aliphatic rings. The second-order valence-electron chi connectivity index (χ2n) is 5.16. The fourth-order valence-electron chi connectivity index (χ4n) is 2.42. The molecule has 1 aliphatic carbocycles. The lowest BCUT2D eigenvalue weighted by Gasteiger charge is -2.31. The van der Waals surface area contributed by atoms with E-state index in [1.54, 1.807) is 11.9 Å². The Bertz CT molecular complexity index is 274. The summed E-state index contributed by atoms with van der Waals surface area (Å²) in [6.45, 7) is 0.637. The first kappa shape index (κ1) is 15.7. The van der Waals surface area contributed by atoms with Crippen molar-refractivity contribution in [2.45, 2.75) is 50.9 Å². The van der Waals surface area contributed by atoms with Gasteiger partial charge < -0.3 is 4.90 Å². The van der Waals surface area contributed by atoms with Gasteiger partial charge in [0.05, 0.1) is 0 Å². The summed E-state index contributed by atoms with van der Waals surface area (Å²) < 4.78 is 26.5. The molecule has 0 aromatic heterocycles. The standard InChI is InChI=1S/C13H22ClF2NO/c1-17(9-4-2-3-8-14)12(18)11-6-5-7-13(15,16)10-11/h11H,2-10H2,1H3. The maximum Gasteiger partial charge on any atom is 0.248 e. The van der Waals surface area contributed by atoms with Crippen LogP contribution in [0.25, 0.3) is 0 Å². The quantitative estimate of drug-likeness (QED) is 0.537. The van der Waals surface area contributed by atoms with Crippen LogP contribution in [0, 0.1) is 5.92 Å². The fourth-order valence-corrected chi connectivity index (χ4v) is 2.61. The minimum absolute atomic E-state index is 0.0732. The zero-order chi connectivity index (χ0) is 13.6. The third kappa shape index (κ3) is 5.09. The Balaban J connectivity index is 2.34. The number of hydrogen-bond acceptors (Lipinski definition) is 1. The van der Waals surface area contributed by atoms with E-state index in [2.05, 4.69) is 0 Å². The third-order valence-corrected chi connectivity index (χ3v) is 3.76. The summed E-state index contributed by atoms with van der Waals surface area (Å²) in [7, 11) is 1.70. The first-order chi connectivity index (χ1) is 8.46. The highest BCUT2D eigenvalue weighted by atomic mass is 35.5. The highest BCUT2D eigenvalue weighted by molar-refractivity contribution is 6.17. The van der Waals surface area contributed by atoms with Crippen LogP contribution in [-0.4, -0.2) is 36.2 Å². The van der Waals surface area contributed by atoms with E-state index >= 15 is 0 Å². The summed E-state index contributed by atoms with van der Waals surface area (Å²) >= 11 is 5.57. The summed E-state index contributed by atoms with van der Waals surface area (Å²) in [6, 6.07) is 0. The van der Waals surface area contributed by atoms with Gasteiger partial charge >= 0.3 is 0 Å². The Morgan fingerprint density at radius 3 is 2.72 bits per heavy atom. The molecular formula is C13H22ClF2NO. The van der Waals surface area contributed by atoms with Gasteiger partial charge in [0.25, 0.3) is 0 Å². The van der Waals surface area contributed by atoms with Crippen LogP contribution in [0.1, 0.15) is 44.9 Å². The van der Waals surface area contributed by atoms with Gasteiger partial charge in [0.15, 0.2) is 0 Å². The second-order valence-corrected chi connectivity index (χ2v) is 5.54. The molecule has 0 N–H and O–H groups in total. The van der Waals surface area contributed by atoms with Gasteiger partial charge in [0.2, 0.25) is 11.8 Å². The summed E-state index contributed by atoms with van der Waals surface area (Å²) in [4.78, 5) is 13.6. The van der Waals surface area contributed by atoms with E-state index in [0.717, 1.165) is 19.3 Å². The van der Waals surface area contributed by atoms with Crippen LogP contribution in [0.2, 0.25) is 0 Å². The van der Waals surface area contributed by atoms with Crippen molar-refractivity contribution in [3.8, 4) is 0 Å². The van der Waals surface area contributed by atoms with Crippen LogP contribution >= 0.6 is 11.6 Å². The third-order valence-electron chi connectivity index (χ3n) is 3.49. The molecule has 0 aliphatic heterocycles. The molecular weight excluding hydrogens is 260 g/mol. The Labute approximate surface area is 113 Å². The van der Waals surface area contributed by atoms with Crippen molar-refractivity contribution in [3.63, 3.8) is 0 Å². The average Bonchev–Trinajstić information content (AvgIpc) is 2.32. The van der Waals surface area contributed by atoms with Crippen molar-refractivity contribution in [2.24, 2.45) is 5.92 Å². The Kier molecular flexibility index (Phi) is 6.33. The highest BCUT2D eigenvalue weighted by Gasteiger charge is 2.39. The van der Waals surface area contributed by atoms with E-state index < -0.39 is 11.8 Å². The molecule has 1 atom stereocenters. The lowest BCUT2D eigenvalue weighted by atomic mass is 9.85. The molecule has 1 unspecified atom stereocenters. The van der Waals surface area contributed by atoms with Crippen molar-refractivity contribution in [1.82, 2.24) is 4.90 Å². The molecule has 0 aromatic carbocycles. The number of carbonyl (C=O) groups is 1. The number of rotatable bonds is 6. The van der Waals surface area contributed by atoms with Crippen molar-refractivity contribution in [2.75, 3.05) is 19.5 Å². The lowest BCUT2D eigenvalue weighted by Crippen LogP contribution is -2.39. The normalized spacial score (nSPS) is 22.8. The van der Waals surface area contributed by atoms with Crippen LogP contribution in [0.4, 0.5) is 8.78 Å². The van der Waals surface area contributed by atoms with Gasteiger partial charge in [-0.05, 0) is 25.7 Å². The predicted octanol–water partition coefficient (Wildman–Crippen LogP) is 3.68. The maximum absolute atomic E-state index is 13.2. The summed E-state index contributed by atoms with van der Waals surface area (Å²) in [6.07, 6.45) is 3.49. The summed E-state index contributed by atoms with van der Waals surface area (Å²) in [5.41, 5.74) is 0. The lowest BCUT2D eigenvalue weighted by molar-refractivity contribution is -0.141. The molecule has 0 bridgehead atoms. The van der Waals surface area contributed by atoms with Crippen LogP contribution in [0.15, 0.2) is 0 Å².